The molecule has 2 bridgehead atoms. The van der Waals surface area contributed by atoms with Crippen LogP contribution in [0.25, 0.3) is 0 Å². The Morgan fingerprint density at radius 1 is 0.796 bits per heavy atom. The largest absolute Gasteiger partial charge is 0.508 e. The molecule has 5 atom stereocenters. The molecule has 258 valence electrons. The van der Waals surface area contributed by atoms with Crippen molar-refractivity contribution in [2.24, 2.45) is 0 Å². The van der Waals surface area contributed by atoms with Gasteiger partial charge in [0.1, 0.15) is 35.5 Å². The molecule has 12 nitrogen and oxygen atoms in total. The van der Waals surface area contributed by atoms with E-state index in [2.05, 4.69) is 21.3 Å². The van der Waals surface area contributed by atoms with Gasteiger partial charge in [-0.15, -0.1) is 0 Å². The average Bonchev–Trinajstić information content (AvgIpc) is 3.47. The van der Waals surface area contributed by atoms with Crippen LogP contribution in [0.4, 0.5) is 4.79 Å². The molecule has 0 aromatic heterocycles. The summed E-state index contributed by atoms with van der Waals surface area (Å²) in [6.07, 6.45) is -0.291. The maximum absolute atomic E-state index is 14.3. The second-order valence-electron chi connectivity index (χ2n) is 13.5. The zero-order chi connectivity index (χ0) is 35.1. The highest BCUT2D eigenvalue weighted by molar-refractivity contribution is 5.97. The van der Waals surface area contributed by atoms with Crippen molar-refractivity contribution < 1.29 is 33.8 Å². The zero-order valence-corrected chi connectivity index (χ0v) is 27.8. The van der Waals surface area contributed by atoms with Crippen molar-refractivity contribution in [3.63, 3.8) is 0 Å². The first-order valence-corrected chi connectivity index (χ1v) is 16.4. The lowest BCUT2D eigenvalue weighted by Crippen LogP contribution is -2.59. The van der Waals surface area contributed by atoms with Crippen LogP contribution in [0.2, 0.25) is 0 Å². The fourth-order valence-corrected chi connectivity index (χ4v) is 6.11. The molecule has 3 aromatic carbocycles. The third-order valence-electron chi connectivity index (χ3n) is 8.43. The number of hydrogen-bond acceptors (Lipinski definition) is 7. The van der Waals surface area contributed by atoms with Crippen LogP contribution < -0.4 is 21.3 Å². The van der Waals surface area contributed by atoms with Crippen molar-refractivity contribution in [3.8, 4) is 5.75 Å². The van der Waals surface area contributed by atoms with Crippen LogP contribution in [0.5, 0.6) is 5.75 Å². The Bertz CT molecular complexity index is 1640. The van der Waals surface area contributed by atoms with Crippen LogP contribution in [0.15, 0.2) is 84.9 Å². The van der Waals surface area contributed by atoms with Gasteiger partial charge in [0.15, 0.2) is 0 Å². The Labute approximate surface area is 285 Å². The normalized spacial score (nSPS) is 21.8. The van der Waals surface area contributed by atoms with E-state index >= 15 is 0 Å². The highest BCUT2D eigenvalue weighted by Crippen LogP contribution is 2.23. The van der Waals surface area contributed by atoms with Gasteiger partial charge in [-0.1, -0.05) is 72.8 Å². The first-order valence-electron chi connectivity index (χ1n) is 16.4. The Morgan fingerprint density at radius 2 is 1.33 bits per heavy atom. The van der Waals surface area contributed by atoms with Crippen LogP contribution in [0.1, 0.15) is 43.9 Å². The molecular weight excluding hydrogens is 626 g/mol. The summed E-state index contributed by atoms with van der Waals surface area (Å²) >= 11 is 0. The van der Waals surface area contributed by atoms with E-state index in [0.29, 0.717) is 5.56 Å². The monoisotopic (exact) mass is 669 g/mol. The number of nitrogens with zero attached hydrogens (tertiary/aromatic N) is 1. The van der Waals surface area contributed by atoms with Crippen LogP contribution in [0, 0.1) is 0 Å². The number of likely N-dealkylation sites (tertiary alicyclic amines) is 1. The number of phenolic OH excluding ortho intramolecular Hbond substituents is 1. The molecule has 5 N–H and O–H groups in total. The summed E-state index contributed by atoms with van der Waals surface area (Å²) in [5.74, 6) is -2.03. The first kappa shape index (κ1) is 34.9. The molecule has 3 aromatic rings. The van der Waals surface area contributed by atoms with Gasteiger partial charge in [-0.2, -0.15) is 0 Å². The molecule has 0 aliphatic carbocycles. The number of amides is 5. The van der Waals surface area contributed by atoms with Gasteiger partial charge in [-0.25, -0.2) is 4.79 Å². The number of rotatable bonds is 8. The Balaban J connectivity index is 1.45. The SMILES string of the molecule is CC(C)(C)OC(=O)N[C@@H](Cc1ccc(O)cc1)C(=O)N1C[C@@H]2C[C@H]1C(=O)N[C@@H](Cc1ccccc1)C(=O)N[C@@H](Cc1ccccc1)C(=O)N2. The smallest absolute Gasteiger partial charge is 0.408 e. The quantitative estimate of drug-likeness (QED) is 0.246. The van der Waals surface area contributed by atoms with Crippen LogP contribution in [-0.4, -0.2) is 82.1 Å². The number of phenols is 1. The number of alkyl carbamates (subject to hydrolysis) is 1. The first-order chi connectivity index (χ1) is 23.3. The highest BCUT2D eigenvalue weighted by atomic mass is 16.6. The lowest BCUT2D eigenvalue weighted by molar-refractivity contribution is -0.141. The Kier molecular flexibility index (Phi) is 10.9. The summed E-state index contributed by atoms with van der Waals surface area (Å²) in [6, 6.07) is 19.9. The Hall–Kier alpha value is -5.39. The molecule has 0 saturated carbocycles. The minimum absolute atomic E-state index is 0.0000909. The molecule has 49 heavy (non-hydrogen) atoms. The number of carbonyl (C=O) groups excluding carboxylic acids is 5. The number of hydrogen-bond donors (Lipinski definition) is 5. The van der Waals surface area contributed by atoms with Gasteiger partial charge in [0, 0.05) is 31.8 Å². The maximum atomic E-state index is 14.3. The summed E-state index contributed by atoms with van der Waals surface area (Å²) in [6.45, 7) is 5.11. The van der Waals surface area contributed by atoms with Gasteiger partial charge in [0.05, 0.1) is 0 Å². The number of fused-ring (bicyclic) bond motifs is 2. The van der Waals surface area contributed by atoms with Gasteiger partial charge >= 0.3 is 6.09 Å². The van der Waals surface area contributed by atoms with Crippen molar-refractivity contribution in [1.29, 1.82) is 0 Å². The van der Waals surface area contributed by atoms with Gasteiger partial charge in [-0.3, -0.25) is 19.2 Å². The highest BCUT2D eigenvalue weighted by Gasteiger charge is 2.45. The van der Waals surface area contributed by atoms with E-state index in [1.165, 1.54) is 17.0 Å². The van der Waals surface area contributed by atoms with E-state index in [1.807, 2.05) is 60.7 Å². The van der Waals surface area contributed by atoms with Crippen molar-refractivity contribution in [3.05, 3.63) is 102 Å². The van der Waals surface area contributed by atoms with Crippen molar-refractivity contribution >= 4 is 29.7 Å². The maximum Gasteiger partial charge on any atom is 0.408 e. The third-order valence-corrected chi connectivity index (χ3v) is 8.43. The standard InChI is InChI=1S/C37H43N5O7/c1-37(2,3)49-36(48)41-30(20-25-14-16-27(43)17-15-25)35(47)42-22-26-21-31(42)34(46)40-29(19-24-12-8-5-9-13-24)33(45)39-28(32(44)38-26)18-23-10-6-4-7-11-23/h4-17,26,28-31,43H,18-22H2,1-3H3,(H,38,44)(H,39,45)(H,40,46)(H,41,48)/t26-,28-,29-,30-,31-/m0/s1. The fraction of sp³-hybridized carbons (Fsp3) is 0.378. The summed E-state index contributed by atoms with van der Waals surface area (Å²) in [4.78, 5) is 70.1. The molecule has 2 aliphatic rings. The second kappa shape index (κ2) is 15.2. The minimum atomic E-state index is -1.15. The summed E-state index contributed by atoms with van der Waals surface area (Å²) < 4.78 is 5.45. The van der Waals surface area contributed by atoms with E-state index in [1.54, 1.807) is 32.9 Å². The predicted octanol–water partition coefficient (Wildman–Crippen LogP) is 2.38. The zero-order valence-electron chi connectivity index (χ0n) is 27.8. The van der Waals surface area contributed by atoms with Gasteiger partial charge in [0.2, 0.25) is 23.6 Å². The molecule has 2 fully saturated rings. The molecule has 5 rings (SSSR count). The molecule has 2 heterocycles. The molecular formula is C37H43N5O7. The predicted molar refractivity (Wildman–Crippen MR) is 181 cm³/mol. The number of benzene rings is 3. The second-order valence-corrected chi connectivity index (χ2v) is 13.5. The molecule has 2 aliphatic heterocycles. The molecule has 12 heteroatoms. The summed E-state index contributed by atoms with van der Waals surface area (Å²) in [5, 5.41) is 21.1. The average molecular weight is 670 g/mol. The Morgan fingerprint density at radius 3 is 1.88 bits per heavy atom. The summed E-state index contributed by atoms with van der Waals surface area (Å²) in [5.41, 5.74) is 1.46. The molecule has 0 radical (unpaired) electrons. The lowest BCUT2D eigenvalue weighted by atomic mass is 10.0. The number of aromatic hydroxyl groups is 1. The van der Waals surface area contributed by atoms with Crippen molar-refractivity contribution in [2.45, 2.75) is 82.3 Å². The van der Waals surface area contributed by atoms with Crippen LogP contribution in [0.3, 0.4) is 0 Å². The molecule has 5 amide bonds. The van der Waals surface area contributed by atoms with Gasteiger partial charge in [0.25, 0.3) is 0 Å². The van der Waals surface area contributed by atoms with Crippen molar-refractivity contribution in [1.82, 2.24) is 26.2 Å². The van der Waals surface area contributed by atoms with E-state index in [4.69, 9.17) is 4.74 Å². The van der Waals surface area contributed by atoms with E-state index in [-0.39, 0.29) is 38.0 Å². The minimum Gasteiger partial charge on any atom is -0.508 e. The van der Waals surface area contributed by atoms with Gasteiger partial charge in [-0.05, 0) is 56.0 Å². The molecule has 0 unspecified atom stereocenters. The molecule has 0 spiro atoms. The lowest BCUT2D eigenvalue weighted by Gasteiger charge is -2.31. The topological polar surface area (TPSA) is 166 Å². The van der Waals surface area contributed by atoms with Crippen molar-refractivity contribution in [2.75, 3.05) is 6.54 Å². The van der Waals surface area contributed by atoms with E-state index in [0.717, 1.165) is 11.1 Å². The fourth-order valence-electron chi connectivity index (χ4n) is 6.11. The third kappa shape index (κ3) is 9.59. The van der Waals surface area contributed by atoms with E-state index < -0.39 is 65.5 Å². The van der Waals surface area contributed by atoms with Crippen LogP contribution in [-0.2, 0) is 43.2 Å². The summed E-state index contributed by atoms with van der Waals surface area (Å²) in [7, 11) is 0. The number of ether oxygens (including phenoxy) is 1. The van der Waals surface area contributed by atoms with Gasteiger partial charge < -0.3 is 36.0 Å². The molecule has 2 saturated heterocycles. The van der Waals surface area contributed by atoms with Crippen LogP contribution >= 0.6 is 0 Å². The number of carbonyl (C=O) groups is 5. The number of nitrogens with one attached hydrogen (secondary N) is 4. The van der Waals surface area contributed by atoms with E-state index in [9.17, 15) is 29.1 Å².